The highest BCUT2D eigenvalue weighted by atomic mass is 32.1. The van der Waals surface area contributed by atoms with Crippen LogP contribution in [0.1, 0.15) is 21.6 Å². The minimum absolute atomic E-state index is 0.123. The van der Waals surface area contributed by atoms with Gasteiger partial charge in [-0.15, -0.1) is 22.7 Å². The monoisotopic (exact) mass is 679 g/mol. The van der Waals surface area contributed by atoms with E-state index >= 15 is 0 Å². The number of para-hydroxylation sites is 1. The summed E-state index contributed by atoms with van der Waals surface area (Å²) in [6.45, 7) is 0.883. The second kappa shape index (κ2) is 16.2. The maximum Gasteiger partial charge on any atom is 0.490 e. The van der Waals surface area contributed by atoms with Gasteiger partial charge in [-0.05, 0) is 29.8 Å². The number of carboxylic acids is 2. The number of halogens is 6. The SMILES string of the molecule is Nc1nc(CCNC(=O)c2ccc(COc3ccccc3-c3csc(N)n3)cc2)cs1.O=C(O)C(F)(F)F.O=C(O)C(F)(F)F. The average Bonchev–Trinajstić information content (AvgIpc) is 3.59. The van der Waals surface area contributed by atoms with Crippen LogP contribution >= 0.6 is 22.7 Å². The zero-order valence-electron chi connectivity index (χ0n) is 22.6. The van der Waals surface area contributed by atoms with Gasteiger partial charge in [0.05, 0.1) is 11.4 Å². The van der Waals surface area contributed by atoms with E-state index in [-0.39, 0.29) is 5.91 Å². The molecule has 0 spiro atoms. The molecule has 0 bridgehead atoms. The zero-order valence-corrected chi connectivity index (χ0v) is 24.2. The smallest absolute Gasteiger partial charge is 0.488 e. The number of thiazole rings is 2. The molecule has 7 N–H and O–H groups in total. The highest BCUT2D eigenvalue weighted by Gasteiger charge is 2.38. The lowest BCUT2D eigenvalue weighted by molar-refractivity contribution is -0.193. The molecule has 0 radical (unpaired) electrons. The number of alkyl halides is 6. The molecule has 0 aliphatic carbocycles. The second-order valence-electron chi connectivity index (χ2n) is 8.34. The van der Waals surface area contributed by atoms with Crippen LogP contribution in [0.5, 0.6) is 5.75 Å². The van der Waals surface area contributed by atoms with Crippen LogP contribution in [0.25, 0.3) is 11.3 Å². The predicted octanol–water partition coefficient (Wildman–Crippen LogP) is 5.25. The first-order valence-corrected chi connectivity index (χ1v) is 13.8. The summed E-state index contributed by atoms with van der Waals surface area (Å²) in [5, 5.41) is 22.0. The minimum Gasteiger partial charge on any atom is -0.488 e. The Labute approximate surface area is 258 Å². The summed E-state index contributed by atoms with van der Waals surface area (Å²) in [6.07, 6.45) is -9.52. The number of anilines is 2. The fourth-order valence-corrected chi connectivity index (χ4v) is 4.13. The van der Waals surface area contributed by atoms with Crippen molar-refractivity contribution in [1.82, 2.24) is 15.3 Å². The van der Waals surface area contributed by atoms with Crippen molar-refractivity contribution in [3.8, 4) is 17.0 Å². The van der Waals surface area contributed by atoms with Crippen molar-refractivity contribution in [3.05, 3.63) is 76.1 Å². The number of carbonyl (C=O) groups is 3. The Bertz CT molecular complexity index is 1550. The number of hydrogen-bond acceptors (Lipinski definition) is 10. The van der Waals surface area contributed by atoms with E-state index < -0.39 is 24.3 Å². The Hall–Kier alpha value is -4.91. The number of benzene rings is 2. The minimum atomic E-state index is -5.08. The number of carboxylic acid groups (broad SMARTS) is 2. The molecule has 0 saturated carbocycles. The number of rotatable bonds is 8. The van der Waals surface area contributed by atoms with E-state index in [1.165, 1.54) is 22.7 Å². The number of carbonyl (C=O) groups excluding carboxylic acids is 1. The maximum absolute atomic E-state index is 12.3. The van der Waals surface area contributed by atoms with Gasteiger partial charge in [0, 0.05) is 34.9 Å². The third-order valence-corrected chi connectivity index (χ3v) is 6.41. The molecule has 2 aromatic heterocycles. The molecular weight excluding hydrogens is 656 g/mol. The summed E-state index contributed by atoms with van der Waals surface area (Å²) in [6, 6.07) is 15.1. The molecule has 0 unspecified atom stereocenters. The third kappa shape index (κ3) is 12.7. The number of nitrogens with one attached hydrogen (secondary N) is 1. The highest BCUT2D eigenvalue weighted by Crippen LogP contribution is 2.31. The molecule has 4 rings (SSSR count). The van der Waals surface area contributed by atoms with Crippen LogP contribution in [-0.2, 0) is 22.6 Å². The first-order chi connectivity index (χ1) is 21.0. The van der Waals surface area contributed by atoms with Gasteiger partial charge in [-0.2, -0.15) is 26.3 Å². The molecule has 2 heterocycles. The molecule has 0 aliphatic rings. The summed E-state index contributed by atoms with van der Waals surface area (Å²) in [5.74, 6) is -4.90. The summed E-state index contributed by atoms with van der Waals surface area (Å²) in [7, 11) is 0. The van der Waals surface area contributed by atoms with Crippen LogP contribution in [0.3, 0.4) is 0 Å². The number of nitrogens with zero attached hydrogens (tertiary/aromatic N) is 2. The molecule has 2 aromatic carbocycles. The molecule has 0 atom stereocenters. The van der Waals surface area contributed by atoms with Gasteiger partial charge < -0.3 is 31.7 Å². The van der Waals surface area contributed by atoms with E-state index in [0.29, 0.717) is 35.4 Å². The number of aliphatic carboxylic acids is 2. The van der Waals surface area contributed by atoms with Crippen LogP contribution in [-0.4, -0.2) is 56.9 Å². The normalized spacial score (nSPS) is 10.9. The van der Waals surface area contributed by atoms with Gasteiger partial charge in [0.2, 0.25) is 0 Å². The van der Waals surface area contributed by atoms with Crippen molar-refractivity contribution >= 4 is 50.8 Å². The predicted molar refractivity (Wildman–Crippen MR) is 153 cm³/mol. The van der Waals surface area contributed by atoms with Crippen molar-refractivity contribution < 1.29 is 55.7 Å². The molecule has 11 nitrogen and oxygen atoms in total. The van der Waals surface area contributed by atoms with E-state index in [0.717, 1.165) is 28.3 Å². The van der Waals surface area contributed by atoms with Crippen molar-refractivity contribution in [2.24, 2.45) is 0 Å². The molecule has 0 aliphatic heterocycles. The Morgan fingerprint density at radius 1 is 0.822 bits per heavy atom. The number of amides is 1. The molecule has 45 heavy (non-hydrogen) atoms. The van der Waals surface area contributed by atoms with Crippen molar-refractivity contribution in [1.29, 1.82) is 0 Å². The van der Waals surface area contributed by atoms with Crippen molar-refractivity contribution in [3.63, 3.8) is 0 Å². The van der Waals surface area contributed by atoms with Crippen LogP contribution in [0.15, 0.2) is 59.3 Å². The zero-order chi connectivity index (χ0) is 33.8. The van der Waals surface area contributed by atoms with Crippen LogP contribution in [0.4, 0.5) is 36.6 Å². The van der Waals surface area contributed by atoms with E-state index in [9.17, 15) is 31.1 Å². The number of nitrogens with two attached hydrogens (primary N) is 2. The van der Waals surface area contributed by atoms with Gasteiger partial charge in [0.25, 0.3) is 5.91 Å². The standard InChI is InChI=1S/C22H21N5O2S2.2C2HF3O2/c23-21-26-16(12-30-21)9-10-25-20(28)15-7-5-14(6-8-15)11-29-19-4-2-1-3-17(19)18-13-31-22(24)27-18;2*3-2(4,5)1(6)7/h1-8,12-13H,9-11H2,(H2,23,26)(H2,24,27)(H,25,28);2*(H,6,7). The van der Waals surface area contributed by atoms with Crippen LogP contribution in [0, 0.1) is 0 Å². The topological polar surface area (TPSA) is 191 Å². The van der Waals surface area contributed by atoms with Crippen LogP contribution in [0.2, 0.25) is 0 Å². The van der Waals surface area contributed by atoms with E-state index in [1.54, 1.807) is 12.1 Å². The maximum atomic E-state index is 12.3. The third-order valence-electron chi connectivity index (χ3n) is 5.02. The quantitative estimate of drug-likeness (QED) is 0.154. The molecular formula is C26H23F6N5O6S2. The second-order valence-corrected chi connectivity index (χ2v) is 10.1. The number of aromatic nitrogens is 2. The number of ether oxygens (including phenoxy) is 1. The molecule has 19 heteroatoms. The fraction of sp³-hybridized carbons (Fsp3) is 0.192. The highest BCUT2D eigenvalue weighted by molar-refractivity contribution is 7.14. The van der Waals surface area contributed by atoms with Crippen LogP contribution < -0.4 is 21.5 Å². The Kier molecular flexibility index (Phi) is 13.1. The van der Waals surface area contributed by atoms with Gasteiger partial charge in [0.15, 0.2) is 10.3 Å². The van der Waals surface area contributed by atoms with Gasteiger partial charge >= 0.3 is 24.3 Å². The van der Waals surface area contributed by atoms with E-state index in [1.807, 2.05) is 47.2 Å². The van der Waals surface area contributed by atoms with E-state index in [2.05, 4.69) is 15.3 Å². The summed E-state index contributed by atoms with van der Waals surface area (Å²) in [5.41, 5.74) is 15.5. The van der Waals surface area contributed by atoms with Crippen molar-refractivity contribution in [2.45, 2.75) is 25.4 Å². The lowest BCUT2D eigenvalue weighted by Gasteiger charge is -2.11. The van der Waals surface area contributed by atoms with Gasteiger partial charge in [0.1, 0.15) is 12.4 Å². The lowest BCUT2D eigenvalue weighted by atomic mass is 10.1. The Morgan fingerprint density at radius 2 is 1.36 bits per heavy atom. The summed E-state index contributed by atoms with van der Waals surface area (Å²) in [4.78, 5) is 38.6. The summed E-state index contributed by atoms with van der Waals surface area (Å²) < 4.78 is 69.5. The summed E-state index contributed by atoms with van der Waals surface area (Å²) >= 11 is 2.79. The van der Waals surface area contributed by atoms with E-state index in [4.69, 9.17) is 36.0 Å². The molecule has 0 fully saturated rings. The fourth-order valence-electron chi connectivity index (χ4n) is 2.97. The lowest BCUT2D eigenvalue weighted by Crippen LogP contribution is -2.25. The molecule has 0 saturated heterocycles. The molecule has 4 aromatic rings. The first kappa shape index (κ1) is 36.3. The largest absolute Gasteiger partial charge is 0.490 e. The van der Waals surface area contributed by atoms with Gasteiger partial charge in [-0.3, -0.25) is 4.79 Å². The average molecular weight is 680 g/mol. The van der Waals surface area contributed by atoms with Gasteiger partial charge in [-0.1, -0.05) is 24.3 Å². The van der Waals surface area contributed by atoms with Gasteiger partial charge in [-0.25, -0.2) is 19.6 Å². The number of hydrogen-bond donors (Lipinski definition) is 5. The molecule has 1 amide bonds. The van der Waals surface area contributed by atoms with Crippen molar-refractivity contribution in [2.75, 3.05) is 18.0 Å². The first-order valence-electron chi connectivity index (χ1n) is 12.1. The Morgan fingerprint density at radius 3 is 1.84 bits per heavy atom. The Balaban J connectivity index is 0.000000421. The molecule has 242 valence electrons. The number of nitrogen functional groups attached to an aromatic ring is 2.